The first-order chi connectivity index (χ1) is 5.22. The summed E-state index contributed by atoms with van der Waals surface area (Å²) in [6.45, 7) is 11.0. The first kappa shape index (κ1) is 10.7. The quantitative estimate of drug-likeness (QED) is 0.475. The lowest BCUT2D eigenvalue weighted by atomic mass is 9.99. The topological polar surface area (TPSA) is 12.0 Å². The van der Waals surface area contributed by atoms with Gasteiger partial charge in [-0.25, -0.2) is 0 Å². The lowest BCUT2D eigenvalue weighted by molar-refractivity contribution is 0.565. The van der Waals surface area contributed by atoms with E-state index in [4.69, 9.17) is 0 Å². The third kappa shape index (κ3) is 5.02. The molecular formula is C10H21N. The van der Waals surface area contributed by atoms with E-state index in [2.05, 4.69) is 39.1 Å². The zero-order chi connectivity index (χ0) is 8.69. The van der Waals surface area contributed by atoms with Gasteiger partial charge in [0.15, 0.2) is 0 Å². The molecule has 0 heterocycles. The summed E-state index contributed by atoms with van der Waals surface area (Å²) in [5, 5.41) is 3.33. The summed E-state index contributed by atoms with van der Waals surface area (Å²) in [7, 11) is 0. The van der Waals surface area contributed by atoms with E-state index in [9.17, 15) is 0 Å². The van der Waals surface area contributed by atoms with Crippen LogP contribution in [0.15, 0.2) is 11.6 Å². The molecule has 0 saturated carbocycles. The molecule has 0 spiro atoms. The second-order valence-corrected chi connectivity index (χ2v) is 3.08. The van der Waals surface area contributed by atoms with Gasteiger partial charge in [-0.15, -0.1) is 0 Å². The molecule has 0 aliphatic rings. The van der Waals surface area contributed by atoms with Gasteiger partial charge < -0.3 is 5.32 Å². The molecule has 1 atom stereocenters. The van der Waals surface area contributed by atoms with E-state index < -0.39 is 0 Å². The van der Waals surface area contributed by atoms with E-state index in [1.54, 1.807) is 0 Å². The van der Waals surface area contributed by atoms with Crippen molar-refractivity contribution >= 4 is 0 Å². The maximum atomic E-state index is 3.33. The maximum Gasteiger partial charge on any atom is -0.00434 e. The summed E-state index contributed by atoms with van der Waals surface area (Å²) in [6.07, 6.45) is 3.46. The molecule has 66 valence electrons. The van der Waals surface area contributed by atoms with Gasteiger partial charge in [-0.3, -0.25) is 0 Å². The predicted octanol–water partition coefficient (Wildman–Crippen LogP) is 2.59. The summed E-state index contributed by atoms with van der Waals surface area (Å²) in [5.41, 5.74) is 1.50. The second-order valence-electron chi connectivity index (χ2n) is 3.08. The van der Waals surface area contributed by atoms with Gasteiger partial charge in [0.05, 0.1) is 0 Å². The number of hydrogen-bond acceptors (Lipinski definition) is 1. The van der Waals surface area contributed by atoms with Crippen LogP contribution < -0.4 is 5.32 Å². The first-order valence-electron chi connectivity index (χ1n) is 4.55. The monoisotopic (exact) mass is 155 g/mol. The van der Waals surface area contributed by atoms with Gasteiger partial charge in [-0.1, -0.05) is 25.5 Å². The van der Waals surface area contributed by atoms with Crippen molar-refractivity contribution in [2.75, 3.05) is 13.1 Å². The van der Waals surface area contributed by atoms with Gasteiger partial charge in [0, 0.05) is 0 Å². The van der Waals surface area contributed by atoms with E-state index in [0.717, 1.165) is 19.0 Å². The Bertz CT molecular complexity index is 116. The van der Waals surface area contributed by atoms with Crippen LogP contribution in [0.25, 0.3) is 0 Å². The second kappa shape index (κ2) is 6.41. The molecule has 0 rings (SSSR count). The molecule has 0 aromatic heterocycles. The van der Waals surface area contributed by atoms with Gasteiger partial charge in [-0.05, 0) is 39.3 Å². The molecule has 0 saturated heterocycles. The van der Waals surface area contributed by atoms with Crippen molar-refractivity contribution in [1.82, 2.24) is 5.32 Å². The van der Waals surface area contributed by atoms with Crippen LogP contribution in [0.1, 0.15) is 34.1 Å². The first-order valence-corrected chi connectivity index (χ1v) is 4.55. The largest absolute Gasteiger partial charge is 0.317 e. The Kier molecular flexibility index (Phi) is 6.24. The molecule has 0 aliphatic carbocycles. The van der Waals surface area contributed by atoms with Crippen molar-refractivity contribution < 1.29 is 0 Å². The van der Waals surface area contributed by atoms with E-state index in [0.29, 0.717) is 0 Å². The molecular weight excluding hydrogens is 134 g/mol. The smallest absolute Gasteiger partial charge is 0.00434 e. The third-order valence-electron chi connectivity index (χ3n) is 2.24. The molecule has 1 unspecified atom stereocenters. The standard InChI is InChI=1S/C10H21N/c1-5-9(3)10(4)7-8-11-6-2/h5,10-11H,6-8H2,1-4H3/b9-5+. The van der Waals surface area contributed by atoms with Crippen molar-refractivity contribution in [2.45, 2.75) is 34.1 Å². The average Bonchev–Trinajstić information content (AvgIpc) is 2.03. The van der Waals surface area contributed by atoms with Crippen molar-refractivity contribution in [2.24, 2.45) is 5.92 Å². The van der Waals surface area contributed by atoms with Crippen LogP contribution in [0.3, 0.4) is 0 Å². The Morgan fingerprint density at radius 3 is 2.64 bits per heavy atom. The molecule has 0 aromatic rings. The molecule has 0 bridgehead atoms. The number of allylic oxidation sites excluding steroid dienone is 2. The molecule has 0 fully saturated rings. The summed E-state index contributed by atoms with van der Waals surface area (Å²) >= 11 is 0. The van der Waals surface area contributed by atoms with E-state index in [-0.39, 0.29) is 0 Å². The predicted molar refractivity (Wildman–Crippen MR) is 51.8 cm³/mol. The molecule has 0 aromatic carbocycles. The fourth-order valence-electron chi connectivity index (χ4n) is 1.01. The molecule has 0 amide bonds. The van der Waals surface area contributed by atoms with Crippen molar-refractivity contribution in [3.05, 3.63) is 11.6 Å². The van der Waals surface area contributed by atoms with Gasteiger partial charge >= 0.3 is 0 Å². The molecule has 1 N–H and O–H groups in total. The van der Waals surface area contributed by atoms with Gasteiger partial charge in [0.2, 0.25) is 0 Å². The van der Waals surface area contributed by atoms with Crippen molar-refractivity contribution in [1.29, 1.82) is 0 Å². The van der Waals surface area contributed by atoms with Crippen LogP contribution in [-0.4, -0.2) is 13.1 Å². The van der Waals surface area contributed by atoms with Crippen LogP contribution in [0.5, 0.6) is 0 Å². The van der Waals surface area contributed by atoms with Gasteiger partial charge in [0.25, 0.3) is 0 Å². The lowest BCUT2D eigenvalue weighted by Crippen LogP contribution is -2.16. The van der Waals surface area contributed by atoms with Crippen molar-refractivity contribution in [3.63, 3.8) is 0 Å². The Morgan fingerprint density at radius 2 is 2.18 bits per heavy atom. The molecule has 1 heteroatoms. The lowest BCUT2D eigenvalue weighted by Gasteiger charge is -2.11. The Morgan fingerprint density at radius 1 is 1.55 bits per heavy atom. The highest BCUT2D eigenvalue weighted by molar-refractivity contribution is 4.99. The number of rotatable bonds is 5. The van der Waals surface area contributed by atoms with Gasteiger partial charge in [0.1, 0.15) is 0 Å². The fourth-order valence-corrected chi connectivity index (χ4v) is 1.01. The zero-order valence-electron chi connectivity index (χ0n) is 8.28. The summed E-state index contributed by atoms with van der Waals surface area (Å²) in [5.74, 6) is 0.735. The van der Waals surface area contributed by atoms with Crippen LogP contribution >= 0.6 is 0 Å². The SMILES string of the molecule is C/C=C(\C)C(C)CCNCC. The maximum absolute atomic E-state index is 3.33. The molecule has 1 nitrogen and oxygen atoms in total. The molecule has 0 aliphatic heterocycles. The summed E-state index contributed by atoms with van der Waals surface area (Å²) < 4.78 is 0. The minimum Gasteiger partial charge on any atom is -0.317 e. The van der Waals surface area contributed by atoms with E-state index in [1.165, 1.54) is 12.0 Å². The van der Waals surface area contributed by atoms with Crippen LogP contribution in [0.2, 0.25) is 0 Å². The minimum atomic E-state index is 0.735. The molecule has 0 radical (unpaired) electrons. The fraction of sp³-hybridized carbons (Fsp3) is 0.800. The summed E-state index contributed by atoms with van der Waals surface area (Å²) in [6, 6.07) is 0. The number of nitrogens with one attached hydrogen (secondary N) is 1. The van der Waals surface area contributed by atoms with Crippen LogP contribution in [0.4, 0.5) is 0 Å². The van der Waals surface area contributed by atoms with E-state index >= 15 is 0 Å². The zero-order valence-corrected chi connectivity index (χ0v) is 8.28. The summed E-state index contributed by atoms with van der Waals surface area (Å²) in [4.78, 5) is 0. The van der Waals surface area contributed by atoms with Crippen LogP contribution in [-0.2, 0) is 0 Å². The Hall–Kier alpha value is -0.300. The Labute approximate surface area is 70.9 Å². The number of hydrogen-bond donors (Lipinski definition) is 1. The van der Waals surface area contributed by atoms with Crippen molar-refractivity contribution in [3.8, 4) is 0 Å². The molecule has 11 heavy (non-hydrogen) atoms. The highest BCUT2D eigenvalue weighted by Crippen LogP contribution is 2.12. The highest BCUT2D eigenvalue weighted by Gasteiger charge is 2.01. The Balaban J connectivity index is 3.44. The normalized spacial score (nSPS) is 15.1. The average molecular weight is 155 g/mol. The highest BCUT2D eigenvalue weighted by atomic mass is 14.8. The van der Waals surface area contributed by atoms with Gasteiger partial charge in [-0.2, -0.15) is 0 Å². The third-order valence-corrected chi connectivity index (χ3v) is 2.24. The van der Waals surface area contributed by atoms with E-state index in [1.807, 2.05) is 0 Å². The van der Waals surface area contributed by atoms with Crippen LogP contribution in [0, 0.1) is 5.92 Å². The minimum absolute atomic E-state index is 0.735.